The van der Waals surface area contributed by atoms with Crippen LogP contribution >= 0.6 is 0 Å². The summed E-state index contributed by atoms with van der Waals surface area (Å²) in [5.41, 5.74) is 9.51. The third-order valence-electron chi connectivity index (χ3n) is 3.73. The molecule has 2 N–H and O–H groups in total. The molecule has 0 heterocycles. The Hall–Kier alpha value is -1.87. The Balaban J connectivity index is 2.57. The van der Waals surface area contributed by atoms with Gasteiger partial charge in [-0.05, 0) is 67.3 Å². The van der Waals surface area contributed by atoms with Crippen molar-refractivity contribution in [3.63, 3.8) is 0 Å². The second kappa shape index (κ2) is 5.25. The van der Waals surface area contributed by atoms with Crippen LogP contribution in [0.25, 0.3) is 0 Å². The minimum Gasteiger partial charge on any atom is -0.496 e. The molecule has 0 fully saturated rings. The topological polar surface area (TPSA) is 35.2 Å². The average molecular weight is 273 g/mol. The van der Waals surface area contributed by atoms with Crippen molar-refractivity contribution < 1.29 is 9.13 Å². The monoisotopic (exact) mass is 273 g/mol. The fourth-order valence-corrected chi connectivity index (χ4v) is 2.54. The fourth-order valence-electron chi connectivity index (χ4n) is 2.54. The van der Waals surface area contributed by atoms with E-state index in [-0.39, 0.29) is 5.82 Å². The Bertz CT molecular complexity index is 635. The van der Waals surface area contributed by atoms with Gasteiger partial charge in [0.05, 0.1) is 12.6 Å². The van der Waals surface area contributed by atoms with Gasteiger partial charge in [-0.25, -0.2) is 4.39 Å². The minimum absolute atomic E-state index is 0.276. The molecule has 0 aromatic heterocycles. The third-order valence-corrected chi connectivity index (χ3v) is 3.73. The molecule has 0 aliphatic carbocycles. The lowest BCUT2D eigenvalue weighted by Gasteiger charge is -2.28. The molecule has 1 unspecified atom stereocenters. The first-order valence-electron chi connectivity index (χ1n) is 6.57. The maximum Gasteiger partial charge on any atom is 0.123 e. The van der Waals surface area contributed by atoms with Crippen molar-refractivity contribution in [2.45, 2.75) is 26.3 Å². The van der Waals surface area contributed by atoms with E-state index in [1.807, 2.05) is 39.0 Å². The summed E-state index contributed by atoms with van der Waals surface area (Å²) in [6.45, 7) is 5.86. The SMILES string of the molecule is COc1cc(C)c(C(C)(N)c2cccc(F)c2)cc1C. The number of aryl methyl sites for hydroxylation is 2. The first kappa shape index (κ1) is 14.5. The molecule has 2 rings (SSSR count). The molecule has 2 aromatic carbocycles. The largest absolute Gasteiger partial charge is 0.496 e. The first-order valence-corrected chi connectivity index (χ1v) is 6.57. The van der Waals surface area contributed by atoms with Gasteiger partial charge in [0, 0.05) is 0 Å². The summed E-state index contributed by atoms with van der Waals surface area (Å²) in [5.74, 6) is 0.559. The van der Waals surface area contributed by atoms with Gasteiger partial charge in [0.25, 0.3) is 0 Å². The number of benzene rings is 2. The average Bonchev–Trinajstić information content (AvgIpc) is 2.40. The maximum atomic E-state index is 13.4. The molecule has 20 heavy (non-hydrogen) atoms. The Kier molecular flexibility index (Phi) is 3.82. The molecule has 0 aliphatic rings. The molecule has 106 valence electrons. The number of hydrogen-bond donors (Lipinski definition) is 1. The smallest absolute Gasteiger partial charge is 0.123 e. The molecular weight excluding hydrogens is 253 g/mol. The second-order valence-electron chi connectivity index (χ2n) is 5.35. The Morgan fingerprint density at radius 2 is 1.80 bits per heavy atom. The van der Waals surface area contributed by atoms with Gasteiger partial charge in [-0.15, -0.1) is 0 Å². The number of methoxy groups -OCH3 is 1. The maximum absolute atomic E-state index is 13.4. The van der Waals surface area contributed by atoms with Crippen molar-refractivity contribution in [1.82, 2.24) is 0 Å². The van der Waals surface area contributed by atoms with Crippen LogP contribution in [0.4, 0.5) is 4.39 Å². The summed E-state index contributed by atoms with van der Waals surface area (Å²) in [6.07, 6.45) is 0. The normalized spacial score (nSPS) is 13.9. The van der Waals surface area contributed by atoms with Gasteiger partial charge in [0.2, 0.25) is 0 Å². The summed E-state index contributed by atoms with van der Waals surface area (Å²) in [4.78, 5) is 0. The Morgan fingerprint density at radius 1 is 1.10 bits per heavy atom. The highest BCUT2D eigenvalue weighted by Gasteiger charge is 2.26. The predicted molar refractivity (Wildman–Crippen MR) is 79.5 cm³/mol. The van der Waals surface area contributed by atoms with Crippen molar-refractivity contribution in [2.75, 3.05) is 7.11 Å². The number of halogens is 1. The van der Waals surface area contributed by atoms with Gasteiger partial charge >= 0.3 is 0 Å². The predicted octanol–water partition coefficient (Wildman–Crippen LogP) is 3.67. The lowest BCUT2D eigenvalue weighted by Crippen LogP contribution is -2.35. The molecule has 1 atom stereocenters. The van der Waals surface area contributed by atoms with E-state index in [2.05, 4.69) is 0 Å². The third kappa shape index (κ3) is 2.54. The van der Waals surface area contributed by atoms with Crippen molar-refractivity contribution in [2.24, 2.45) is 5.73 Å². The quantitative estimate of drug-likeness (QED) is 0.926. The summed E-state index contributed by atoms with van der Waals surface area (Å²) >= 11 is 0. The summed E-state index contributed by atoms with van der Waals surface area (Å²) in [6, 6.07) is 10.4. The van der Waals surface area contributed by atoms with Crippen LogP contribution in [0, 0.1) is 19.7 Å². The molecule has 0 saturated heterocycles. The van der Waals surface area contributed by atoms with E-state index in [0.29, 0.717) is 0 Å². The van der Waals surface area contributed by atoms with Gasteiger partial charge in [-0.3, -0.25) is 0 Å². The molecule has 0 aliphatic heterocycles. The highest BCUT2D eigenvalue weighted by molar-refractivity contribution is 5.48. The van der Waals surface area contributed by atoms with Crippen LogP contribution in [0.2, 0.25) is 0 Å². The van der Waals surface area contributed by atoms with E-state index < -0.39 is 5.54 Å². The van der Waals surface area contributed by atoms with Gasteiger partial charge in [-0.1, -0.05) is 12.1 Å². The standard InChI is InChI=1S/C17H20FNO/c1-11-9-16(20-4)12(2)8-15(11)17(3,19)13-6-5-7-14(18)10-13/h5-10H,19H2,1-4H3. The summed E-state index contributed by atoms with van der Waals surface area (Å²) in [5, 5.41) is 0. The van der Waals surface area contributed by atoms with Crippen LogP contribution in [0.1, 0.15) is 29.2 Å². The number of hydrogen-bond acceptors (Lipinski definition) is 2. The first-order chi connectivity index (χ1) is 9.36. The van der Waals surface area contributed by atoms with E-state index in [9.17, 15) is 4.39 Å². The van der Waals surface area contributed by atoms with Gasteiger partial charge in [-0.2, -0.15) is 0 Å². The highest BCUT2D eigenvalue weighted by Crippen LogP contribution is 2.33. The zero-order valence-corrected chi connectivity index (χ0v) is 12.3. The minimum atomic E-state index is -0.747. The molecule has 0 radical (unpaired) electrons. The molecule has 2 aromatic rings. The van der Waals surface area contributed by atoms with Crippen molar-refractivity contribution in [1.29, 1.82) is 0 Å². The lowest BCUT2D eigenvalue weighted by atomic mass is 9.82. The molecule has 0 bridgehead atoms. The number of ether oxygens (including phenoxy) is 1. The van der Waals surface area contributed by atoms with E-state index in [0.717, 1.165) is 28.0 Å². The van der Waals surface area contributed by atoms with Crippen LogP contribution in [0.15, 0.2) is 36.4 Å². The van der Waals surface area contributed by atoms with E-state index >= 15 is 0 Å². The van der Waals surface area contributed by atoms with Crippen molar-refractivity contribution in [3.05, 3.63) is 64.5 Å². The van der Waals surface area contributed by atoms with Crippen LogP contribution in [0.5, 0.6) is 5.75 Å². The van der Waals surface area contributed by atoms with Crippen LogP contribution in [-0.2, 0) is 5.54 Å². The zero-order valence-electron chi connectivity index (χ0n) is 12.3. The Labute approximate surface area is 119 Å². The number of nitrogens with two attached hydrogens (primary N) is 1. The van der Waals surface area contributed by atoms with E-state index in [1.54, 1.807) is 13.2 Å². The molecule has 2 nitrogen and oxygen atoms in total. The van der Waals surface area contributed by atoms with Gasteiger partial charge < -0.3 is 10.5 Å². The van der Waals surface area contributed by atoms with Crippen LogP contribution in [0.3, 0.4) is 0 Å². The molecule has 3 heteroatoms. The van der Waals surface area contributed by atoms with Crippen molar-refractivity contribution >= 4 is 0 Å². The van der Waals surface area contributed by atoms with E-state index in [1.165, 1.54) is 12.1 Å². The molecule has 0 saturated carbocycles. The van der Waals surface area contributed by atoms with Gasteiger partial charge in [0.15, 0.2) is 0 Å². The van der Waals surface area contributed by atoms with Crippen LogP contribution in [-0.4, -0.2) is 7.11 Å². The second-order valence-corrected chi connectivity index (χ2v) is 5.35. The molecule has 0 spiro atoms. The molecular formula is C17H20FNO. The Morgan fingerprint density at radius 3 is 2.40 bits per heavy atom. The van der Waals surface area contributed by atoms with Crippen molar-refractivity contribution in [3.8, 4) is 5.75 Å². The van der Waals surface area contributed by atoms with Gasteiger partial charge in [0.1, 0.15) is 11.6 Å². The summed E-state index contributed by atoms with van der Waals surface area (Å²) < 4.78 is 18.8. The number of rotatable bonds is 3. The summed E-state index contributed by atoms with van der Waals surface area (Å²) in [7, 11) is 1.65. The molecule has 0 amide bonds. The zero-order chi connectivity index (χ0) is 14.9. The van der Waals surface area contributed by atoms with E-state index in [4.69, 9.17) is 10.5 Å². The lowest BCUT2D eigenvalue weighted by molar-refractivity contribution is 0.410. The highest BCUT2D eigenvalue weighted by atomic mass is 19.1. The fraction of sp³-hybridized carbons (Fsp3) is 0.294. The van der Waals surface area contributed by atoms with Crippen LogP contribution < -0.4 is 10.5 Å².